The molecular formula is C15H15NO3. The van der Waals surface area contributed by atoms with E-state index in [1.807, 2.05) is 12.1 Å². The van der Waals surface area contributed by atoms with Crippen molar-refractivity contribution in [1.29, 1.82) is 0 Å². The molecule has 0 radical (unpaired) electrons. The zero-order valence-corrected chi connectivity index (χ0v) is 10.8. The summed E-state index contributed by atoms with van der Waals surface area (Å²) in [6, 6.07) is 7.29. The molecule has 1 aliphatic rings. The average molecular weight is 257 g/mol. The number of esters is 1. The molecule has 0 bridgehead atoms. The van der Waals surface area contributed by atoms with Crippen LogP contribution in [0.1, 0.15) is 30.1 Å². The third-order valence-electron chi connectivity index (χ3n) is 3.00. The molecule has 1 heterocycles. The summed E-state index contributed by atoms with van der Waals surface area (Å²) in [6.07, 6.45) is 4.13. The normalized spacial score (nSPS) is 14.4. The van der Waals surface area contributed by atoms with Crippen LogP contribution in [0.3, 0.4) is 0 Å². The van der Waals surface area contributed by atoms with Gasteiger partial charge in [-0.15, -0.1) is 0 Å². The Bertz CT molecular complexity index is 620. The Labute approximate surface area is 111 Å². The van der Waals surface area contributed by atoms with Crippen molar-refractivity contribution in [2.45, 2.75) is 25.9 Å². The standard InChI is InChI=1S/C15H15NO3/c1-2-18-15(17)11-8-10-4-3-7-16-14(10)13(9-11)19-12-5-6-12/h3-4,7-9,12H,2,5-6H2,1H3. The van der Waals surface area contributed by atoms with Gasteiger partial charge in [-0.3, -0.25) is 4.98 Å². The molecule has 1 aromatic heterocycles. The van der Waals surface area contributed by atoms with E-state index in [9.17, 15) is 4.79 Å². The highest BCUT2D eigenvalue weighted by Gasteiger charge is 2.25. The molecule has 0 aliphatic heterocycles. The molecule has 1 saturated carbocycles. The molecule has 4 heteroatoms. The van der Waals surface area contributed by atoms with Crippen molar-refractivity contribution < 1.29 is 14.3 Å². The first kappa shape index (κ1) is 12.0. The summed E-state index contributed by atoms with van der Waals surface area (Å²) < 4.78 is 10.9. The van der Waals surface area contributed by atoms with Crippen molar-refractivity contribution in [3.05, 3.63) is 36.0 Å². The molecule has 0 unspecified atom stereocenters. The highest BCUT2D eigenvalue weighted by molar-refractivity contribution is 5.96. The minimum atomic E-state index is -0.325. The summed E-state index contributed by atoms with van der Waals surface area (Å²) in [5, 5.41) is 0.892. The molecule has 0 saturated heterocycles. The number of rotatable bonds is 4. The summed E-state index contributed by atoms with van der Waals surface area (Å²) in [5.74, 6) is 0.345. The molecule has 3 rings (SSSR count). The minimum absolute atomic E-state index is 0.266. The lowest BCUT2D eigenvalue weighted by molar-refractivity contribution is 0.0526. The van der Waals surface area contributed by atoms with Gasteiger partial charge in [0.1, 0.15) is 11.3 Å². The molecule has 98 valence electrons. The highest BCUT2D eigenvalue weighted by Crippen LogP contribution is 2.32. The van der Waals surface area contributed by atoms with Crippen molar-refractivity contribution in [3.63, 3.8) is 0 Å². The fourth-order valence-electron chi connectivity index (χ4n) is 1.95. The van der Waals surface area contributed by atoms with Crippen LogP contribution in [0.5, 0.6) is 5.75 Å². The van der Waals surface area contributed by atoms with Crippen LogP contribution in [0.4, 0.5) is 0 Å². The number of ether oxygens (including phenoxy) is 2. The Balaban J connectivity index is 2.06. The summed E-state index contributed by atoms with van der Waals surface area (Å²) in [6.45, 7) is 2.16. The van der Waals surface area contributed by atoms with Crippen molar-refractivity contribution in [2.24, 2.45) is 0 Å². The molecule has 0 amide bonds. The number of aromatic nitrogens is 1. The van der Waals surface area contributed by atoms with E-state index in [1.54, 1.807) is 25.3 Å². The van der Waals surface area contributed by atoms with Gasteiger partial charge in [0, 0.05) is 11.6 Å². The molecule has 2 aromatic rings. The molecule has 0 N–H and O–H groups in total. The SMILES string of the molecule is CCOC(=O)c1cc(OC2CC2)c2ncccc2c1. The first-order valence-electron chi connectivity index (χ1n) is 6.50. The molecule has 0 atom stereocenters. The van der Waals surface area contributed by atoms with E-state index in [1.165, 1.54) is 0 Å². The van der Waals surface area contributed by atoms with Crippen LogP contribution >= 0.6 is 0 Å². The first-order valence-corrected chi connectivity index (χ1v) is 6.50. The van der Waals surface area contributed by atoms with E-state index < -0.39 is 0 Å². The number of fused-ring (bicyclic) bond motifs is 1. The maximum absolute atomic E-state index is 11.8. The second-order valence-corrected chi connectivity index (χ2v) is 4.59. The van der Waals surface area contributed by atoms with Gasteiger partial charge in [0.05, 0.1) is 18.3 Å². The number of nitrogens with zero attached hydrogens (tertiary/aromatic N) is 1. The lowest BCUT2D eigenvalue weighted by atomic mass is 10.1. The Hall–Kier alpha value is -2.10. The third-order valence-corrected chi connectivity index (χ3v) is 3.00. The van der Waals surface area contributed by atoms with Gasteiger partial charge in [0.15, 0.2) is 0 Å². The lowest BCUT2D eigenvalue weighted by Gasteiger charge is -2.10. The zero-order chi connectivity index (χ0) is 13.2. The topological polar surface area (TPSA) is 48.4 Å². The number of carbonyl (C=O) groups is 1. The van der Waals surface area contributed by atoms with Crippen molar-refractivity contribution >= 4 is 16.9 Å². The number of pyridine rings is 1. The lowest BCUT2D eigenvalue weighted by Crippen LogP contribution is -2.06. The van der Waals surface area contributed by atoms with Gasteiger partial charge >= 0.3 is 5.97 Å². The van der Waals surface area contributed by atoms with Crippen LogP contribution in [0.2, 0.25) is 0 Å². The van der Waals surface area contributed by atoms with Crippen LogP contribution in [0.15, 0.2) is 30.5 Å². The quantitative estimate of drug-likeness (QED) is 0.790. The van der Waals surface area contributed by atoms with E-state index >= 15 is 0 Å². The van der Waals surface area contributed by atoms with Crippen molar-refractivity contribution in [1.82, 2.24) is 4.98 Å². The Kier molecular flexibility index (Phi) is 3.07. The number of hydrogen-bond acceptors (Lipinski definition) is 4. The molecular weight excluding hydrogens is 242 g/mol. The fourth-order valence-corrected chi connectivity index (χ4v) is 1.95. The van der Waals surface area contributed by atoms with E-state index in [0.29, 0.717) is 17.9 Å². The van der Waals surface area contributed by atoms with Gasteiger partial charge in [-0.05, 0) is 38.0 Å². The van der Waals surface area contributed by atoms with Crippen LogP contribution in [0.25, 0.3) is 10.9 Å². The van der Waals surface area contributed by atoms with Gasteiger partial charge in [-0.2, -0.15) is 0 Å². The minimum Gasteiger partial charge on any atom is -0.488 e. The van der Waals surface area contributed by atoms with Gasteiger partial charge < -0.3 is 9.47 Å². The van der Waals surface area contributed by atoms with Crippen LogP contribution < -0.4 is 4.74 Å². The predicted molar refractivity (Wildman–Crippen MR) is 71.3 cm³/mol. The van der Waals surface area contributed by atoms with Gasteiger partial charge in [0.2, 0.25) is 0 Å². The Morgan fingerprint density at radius 2 is 2.26 bits per heavy atom. The molecule has 1 fully saturated rings. The number of hydrogen-bond donors (Lipinski definition) is 0. The Morgan fingerprint density at radius 3 is 3.00 bits per heavy atom. The van der Waals surface area contributed by atoms with Crippen molar-refractivity contribution in [2.75, 3.05) is 6.61 Å². The molecule has 0 spiro atoms. The maximum atomic E-state index is 11.8. The van der Waals surface area contributed by atoms with Gasteiger partial charge in [-0.1, -0.05) is 6.07 Å². The average Bonchev–Trinajstić information content (AvgIpc) is 3.23. The largest absolute Gasteiger partial charge is 0.488 e. The van der Waals surface area contributed by atoms with Crippen molar-refractivity contribution in [3.8, 4) is 5.75 Å². The number of benzene rings is 1. The zero-order valence-electron chi connectivity index (χ0n) is 10.8. The van der Waals surface area contributed by atoms with E-state index in [4.69, 9.17) is 9.47 Å². The number of carbonyl (C=O) groups excluding carboxylic acids is 1. The van der Waals surface area contributed by atoms with Gasteiger partial charge in [0.25, 0.3) is 0 Å². The molecule has 1 aliphatic carbocycles. The van der Waals surface area contributed by atoms with E-state index in [2.05, 4.69) is 4.98 Å². The van der Waals surface area contributed by atoms with Crippen LogP contribution in [-0.4, -0.2) is 23.7 Å². The van der Waals surface area contributed by atoms with Crippen LogP contribution in [-0.2, 0) is 4.74 Å². The fraction of sp³-hybridized carbons (Fsp3) is 0.333. The smallest absolute Gasteiger partial charge is 0.338 e. The summed E-state index contributed by atoms with van der Waals surface area (Å²) in [5.41, 5.74) is 1.31. The van der Waals surface area contributed by atoms with E-state index in [-0.39, 0.29) is 12.1 Å². The monoisotopic (exact) mass is 257 g/mol. The Morgan fingerprint density at radius 1 is 1.42 bits per heavy atom. The second kappa shape index (κ2) is 4.88. The highest BCUT2D eigenvalue weighted by atomic mass is 16.5. The summed E-state index contributed by atoms with van der Waals surface area (Å²) in [4.78, 5) is 16.2. The van der Waals surface area contributed by atoms with Gasteiger partial charge in [-0.25, -0.2) is 4.79 Å². The third kappa shape index (κ3) is 2.52. The summed E-state index contributed by atoms with van der Waals surface area (Å²) >= 11 is 0. The second-order valence-electron chi connectivity index (χ2n) is 4.59. The van der Waals surface area contributed by atoms with Crippen LogP contribution in [0, 0.1) is 0 Å². The molecule has 1 aromatic carbocycles. The molecule has 4 nitrogen and oxygen atoms in total. The molecule has 19 heavy (non-hydrogen) atoms. The predicted octanol–water partition coefficient (Wildman–Crippen LogP) is 2.95. The first-order chi connectivity index (χ1) is 9.28. The summed E-state index contributed by atoms with van der Waals surface area (Å²) in [7, 11) is 0. The maximum Gasteiger partial charge on any atom is 0.338 e. The van der Waals surface area contributed by atoms with E-state index in [0.717, 1.165) is 23.7 Å².